The molecule has 0 unspecified atom stereocenters. The molecule has 0 atom stereocenters. The molecule has 3 rings (SSSR count). The third-order valence-electron chi connectivity index (χ3n) is 5.44. The third kappa shape index (κ3) is 10.4. The molecule has 0 heterocycles. The van der Waals surface area contributed by atoms with Crippen LogP contribution in [0.15, 0.2) is 72.8 Å². The highest BCUT2D eigenvalue weighted by Gasteiger charge is 2.21. The van der Waals surface area contributed by atoms with Crippen LogP contribution in [0.2, 0.25) is 5.02 Å². The quantitative estimate of drug-likeness (QED) is 0.0877. The molecule has 0 radical (unpaired) electrons. The van der Waals surface area contributed by atoms with Crippen molar-refractivity contribution < 1.29 is 43.0 Å². The second kappa shape index (κ2) is 17.3. The van der Waals surface area contributed by atoms with E-state index in [1.807, 2.05) is 60.7 Å². The van der Waals surface area contributed by atoms with Gasteiger partial charge in [-0.25, -0.2) is 4.79 Å². The highest BCUT2D eigenvalue weighted by atomic mass is 35.5. The van der Waals surface area contributed by atoms with Crippen LogP contribution in [-0.4, -0.2) is 60.2 Å². The fourth-order valence-electron chi connectivity index (χ4n) is 3.54. The van der Waals surface area contributed by atoms with Gasteiger partial charge in [0, 0.05) is 32.3 Å². The Morgan fingerprint density at radius 1 is 0.769 bits per heavy atom. The van der Waals surface area contributed by atoms with E-state index in [0.29, 0.717) is 26.4 Å². The maximum absolute atomic E-state index is 12.8. The summed E-state index contributed by atoms with van der Waals surface area (Å²) in [4.78, 5) is 23.3. The molecule has 3 aromatic rings. The van der Waals surface area contributed by atoms with Crippen LogP contribution < -0.4 is 14.4 Å². The predicted molar refractivity (Wildman–Crippen MR) is 144 cm³/mol. The minimum Gasteiger partial charge on any atom is -0.463 e. The summed E-state index contributed by atoms with van der Waals surface area (Å²) in [7, 11) is 3.15. The van der Waals surface area contributed by atoms with Crippen molar-refractivity contribution in [2.45, 2.75) is 12.3 Å². The molecule has 0 saturated carbocycles. The van der Waals surface area contributed by atoms with Gasteiger partial charge in [0.1, 0.15) is 0 Å². The maximum Gasteiger partial charge on any atom is 0.356 e. The Morgan fingerprint density at radius 2 is 1.33 bits per heavy atom. The van der Waals surface area contributed by atoms with E-state index in [2.05, 4.69) is 0 Å². The van der Waals surface area contributed by atoms with Crippen molar-refractivity contribution in [1.82, 2.24) is 0 Å². The zero-order chi connectivity index (χ0) is 27.7. The van der Waals surface area contributed by atoms with Gasteiger partial charge in [-0.15, -0.1) is 0 Å². The normalized spacial score (nSPS) is 10.9. The number of hydrogen-bond acceptors (Lipinski definition) is 9. The molecule has 0 saturated heterocycles. The molecule has 0 spiro atoms. The molecule has 0 aliphatic heterocycles. The first-order chi connectivity index (χ1) is 19.1. The van der Waals surface area contributed by atoms with Gasteiger partial charge in [-0.1, -0.05) is 72.3 Å². The number of rotatable bonds is 18. The lowest BCUT2D eigenvalue weighted by molar-refractivity contribution is -0.214. The number of halogens is 1. The molecule has 0 aromatic heterocycles. The van der Waals surface area contributed by atoms with Crippen molar-refractivity contribution in [3.63, 3.8) is 0 Å². The van der Waals surface area contributed by atoms with Gasteiger partial charge in [0.15, 0.2) is 30.8 Å². The Kier molecular flexibility index (Phi) is 13.4. The molecular formula is C29H33ClO9. The first-order valence-electron chi connectivity index (χ1n) is 12.3. The van der Waals surface area contributed by atoms with Crippen LogP contribution in [0.3, 0.4) is 0 Å². The second-order valence-electron chi connectivity index (χ2n) is 8.18. The van der Waals surface area contributed by atoms with E-state index in [4.69, 9.17) is 49.8 Å². The highest BCUT2D eigenvalue weighted by Crippen LogP contribution is 2.39. The molecule has 0 bridgehead atoms. The van der Waals surface area contributed by atoms with E-state index >= 15 is 0 Å². The fraction of sp³-hybridized carbons (Fsp3) is 0.345. The van der Waals surface area contributed by atoms with Crippen molar-refractivity contribution in [3.05, 3.63) is 88.9 Å². The number of ether oxygens (including phenoxy) is 6. The summed E-state index contributed by atoms with van der Waals surface area (Å²) < 4.78 is 32.0. The monoisotopic (exact) mass is 560 g/mol. The van der Waals surface area contributed by atoms with Gasteiger partial charge in [-0.3, -0.25) is 9.78 Å². The maximum atomic E-state index is 12.8. The van der Waals surface area contributed by atoms with E-state index in [9.17, 15) is 4.79 Å². The van der Waals surface area contributed by atoms with Crippen LogP contribution in [0, 0.1) is 0 Å². The molecule has 39 heavy (non-hydrogen) atoms. The first kappa shape index (κ1) is 30.2. The van der Waals surface area contributed by atoms with Gasteiger partial charge in [0.25, 0.3) is 0 Å². The number of methoxy groups -OCH3 is 2. The smallest absolute Gasteiger partial charge is 0.356 e. The molecule has 210 valence electrons. The molecule has 0 aliphatic rings. The summed E-state index contributed by atoms with van der Waals surface area (Å²) >= 11 is 6.43. The van der Waals surface area contributed by atoms with Gasteiger partial charge < -0.3 is 28.4 Å². The molecule has 0 N–H and O–H groups in total. The lowest BCUT2D eigenvalue weighted by atomic mass is 9.89. The Morgan fingerprint density at radius 3 is 1.90 bits per heavy atom. The zero-order valence-electron chi connectivity index (χ0n) is 22.0. The van der Waals surface area contributed by atoms with Crippen molar-refractivity contribution in [2.24, 2.45) is 0 Å². The summed E-state index contributed by atoms with van der Waals surface area (Å²) in [6.45, 7) is 1.32. The minimum absolute atomic E-state index is 0.0679. The summed E-state index contributed by atoms with van der Waals surface area (Å²) in [6.07, 6.45) is 0.0679. The zero-order valence-corrected chi connectivity index (χ0v) is 22.8. The average Bonchev–Trinajstić information content (AvgIpc) is 2.96. The van der Waals surface area contributed by atoms with Crippen LogP contribution in [0.5, 0.6) is 17.2 Å². The van der Waals surface area contributed by atoms with E-state index in [1.54, 1.807) is 14.2 Å². The largest absolute Gasteiger partial charge is 0.463 e. The molecule has 9 nitrogen and oxygen atoms in total. The molecule has 0 aliphatic carbocycles. The van der Waals surface area contributed by atoms with Crippen molar-refractivity contribution in [2.75, 3.05) is 54.2 Å². The Balaban J connectivity index is 1.67. The highest BCUT2D eigenvalue weighted by molar-refractivity contribution is 6.32. The van der Waals surface area contributed by atoms with Crippen LogP contribution in [0.1, 0.15) is 23.5 Å². The van der Waals surface area contributed by atoms with Crippen LogP contribution in [0.25, 0.3) is 0 Å². The molecule has 3 aromatic carbocycles. The van der Waals surface area contributed by atoms with Gasteiger partial charge in [0.2, 0.25) is 0 Å². The summed E-state index contributed by atoms with van der Waals surface area (Å²) in [5.41, 5.74) is 1.98. The number of carbonyl (C=O) groups is 1. The summed E-state index contributed by atoms with van der Waals surface area (Å²) in [5, 5.41) is 0.164. The third-order valence-corrected chi connectivity index (χ3v) is 5.72. The molecular weight excluding hydrogens is 528 g/mol. The lowest BCUT2D eigenvalue weighted by Crippen LogP contribution is -2.14. The molecule has 0 amide bonds. The van der Waals surface area contributed by atoms with Crippen molar-refractivity contribution in [1.29, 1.82) is 0 Å². The number of carbonyl (C=O) groups excluding carboxylic acids is 1. The molecule has 0 fully saturated rings. The Hall–Kier alpha value is -3.34. The topological polar surface area (TPSA) is 90.9 Å². The van der Waals surface area contributed by atoms with Gasteiger partial charge >= 0.3 is 5.97 Å². The summed E-state index contributed by atoms with van der Waals surface area (Å²) in [6, 6.07) is 22.4. The van der Waals surface area contributed by atoms with Gasteiger partial charge in [-0.05, 0) is 11.1 Å². The number of hydrogen-bond donors (Lipinski definition) is 0. The van der Waals surface area contributed by atoms with Crippen molar-refractivity contribution in [3.8, 4) is 17.2 Å². The second-order valence-corrected chi connectivity index (χ2v) is 8.58. The fourth-order valence-corrected chi connectivity index (χ4v) is 3.80. The van der Waals surface area contributed by atoms with E-state index in [-0.39, 0.29) is 48.2 Å². The van der Waals surface area contributed by atoms with E-state index in [0.717, 1.165) is 11.1 Å². The Bertz CT molecular complexity index is 1070. The van der Waals surface area contributed by atoms with Crippen molar-refractivity contribution >= 4 is 17.6 Å². The van der Waals surface area contributed by atoms with Gasteiger partial charge in [0.05, 0.1) is 37.9 Å². The SMILES string of the molecule is COCCOCOc1cc(OOC(=O)CC(c2ccccc2)c2ccccc2)cc(Cl)c1OCOCCOC. The van der Waals surface area contributed by atoms with Crippen LogP contribution >= 0.6 is 11.6 Å². The Labute approximate surface area is 233 Å². The summed E-state index contributed by atoms with van der Waals surface area (Å²) in [5.74, 6) is -0.182. The van der Waals surface area contributed by atoms with E-state index < -0.39 is 5.97 Å². The van der Waals surface area contributed by atoms with Gasteiger partial charge in [-0.2, -0.15) is 0 Å². The van der Waals surface area contributed by atoms with E-state index in [1.165, 1.54) is 12.1 Å². The average molecular weight is 561 g/mol. The first-order valence-corrected chi connectivity index (χ1v) is 12.7. The standard InChI is InChI=1S/C29H33ClO9/c1-32-13-15-34-20-36-27-18-24(17-26(30)29(27)37-21-35-16-14-33-2)38-39-28(31)19-25(22-9-5-3-6-10-22)23-11-7-4-8-12-23/h3-12,17-18,25H,13-16,19-21H2,1-2H3. The lowest BCUT2D eigenvalue weighted by Gasteiger charge is -2.17. The minimum atomic E-state index is -0.555. The van der Waals surface area contributed by atoms with Crippen LogP contribution in [0.4, 0.5) is 0 Å². The van der Waals surface area contributed by atoms with Crippen LogP contribution in [-0.2, 0) is 28.6 Å². The number of benzene rings is 3. The molecule has 10 heteroatoms. The predicted octanol–water partition coefficient (Wildman–Crippen LogP) is 5.40.